The molecule has 0 aromatic carbocycles. The molecule has 0 fully saturated rings. The lowest BCUT2D eigenvalue weighted by molar-refractivity contribution is -0.144. The van der Waals surface area contributed by atoms with E-state index in [0.717, 1.165) is 12.8 Å². The second-order valence-corrected chi connectivity index (χ2v) is 4.24. The Morgan fingerprint density at radius 2 is 1.55 bits per heavy atom. The number of rotatable bonds is 8. The number of carbonyl (C=O) groups excluding carboxylic acids is 2. The molecule has 0 aliphatic heterocycles. The molecule has 2 atom stereocenters. The zero-order chi connectivity index (χ0) is 16.0. The van der Waals surface area contributed by atoms with Gasteiger partial charge in [0.15, 0.2) is 0 Å². The van der Waals surface area contributed by atoms with E-state index in [1.54, 1.807) is 14.2 Å². The fraction of sp³-hybridized carbons (Fsp3) is 0.857. The molecule has 0 radical (unpaired) electrons. The fourth-order valence-corrected chi connectivity index (χ4v) is 1.05. The van der Waals surface area contributed by atoms with Crippen molar-refractivity contribution in [3.63, 3.8) is 0 Å². The Kier molecular flexibility index (Phi) is 15.1. The molecular weight excluding hydrogens is 264 g/mol. The lowest BCUT2D eigenvalue weighted by Crippen LogP contribution is -2.18. The molecule has 0 bridgehead atoms. The van der Waals surface area contributed by atoms with E-state index in [-0.39, 0.29) is 24.1 Å². The summed E-state index contributed by atoms with van der Waals surface area (Å²) in [5.41, 5.74) is 0. The molecule has 0 N–H and O–H groups in total. The van der Waals surface area contributed by atoms with Gasteiger partial charge in [-0.3, -0.25) is 9.59 Å². The summed E-state index contributed by atoms with van der Waals surface area (Å²) >= 11 is 0. The summed E-state index contributed by atoms with van der Waals surface area (Å²) in [5.74, 6) is -0.487. The number of hydrogen-bond acceptors (Lipinski definition) is 6. The lowest BCUT2D eigenvalue weighted by atomic mass is 10.3. The summed E-state index contributed by atoms with van der Waals surface area (Å²) in [6.07, 6.45) is 1.84. The molecule has 2 unspecified atom stereocenters. The summed E-state index contributed by atoms with van der Waals surface area (Å²) < 4.78 is 19.3. The van der Waals surface area contributed by atoms with E-state index in [1.807, 2.05) is 13.8 Å². The van der Waals surface area contributed by atoms with Crippen LogP contribution in [0.15, 0.2) is 0 Å². The molecule has 0 aromatic rings. The third-order valence-electron chi connectivity index (χ3n) is 2.49. The molecule has 6 heteroatoms. The van der Waals surface area contributed by atoms with Gasteiger partial charge in [0.1, 0.15) is 6.61 Å². The Morgan fingerprint density at radius 3 is 1.90 bits per heavy atom. The summed E-state index contributed by atoms with van der Waals surface area (Å²) in [6.45, 7) is 7.52. The summed E-state index contributed by atoms with van der Waals surface area (Å²) in [6, 6.07) is 0. The van der Waals surface area contributed by atoms with Gasteiger partial charge in [-0.15, -0.1) is 0 Å². The average Bonchev–Trinajstić information content (AvgIpc) is 2.39. The van der Waals surface area contributed by atoms with Gasteiger partial charge >= 0.3 is 11.9 Å². The number of carbonyl (C=O) groups is 2. The Hall–Kier alpha value is -1.14. The first-order valence-electron chi connectivity index (χ1n) is 6.69. The maximum Gasteiger partial charge on any atom is 0.302 e. The van der Waals surface area contributed by atoms with Gasteiger partial charge in [0.2, 0.25) is 0 Å². The largest absolute Gasteiger partial charge is 0.466 e. The number of esters is 2. The number of methoxy groups -OCH3 is 2. The molecule has 20 heavy (non-hydrogen) atoms. The van der Waals surface area contributed by atoms with E-state index < -0.39 is 0 Å². The van der Waals surface area contributed by atoms with Crippen molar-refractivity contribution in [2.24, 2.45) is 0 Å². The van der Waals surface area contributed by atoms with Crippen LogP contribution in [-0.4, -0.2) is 51.6 Å². The molecule has 0 aromatic heterocycles. The van der Waals surface area contributed by atoms with E-state index in [1.165, 1.54) is 13.8 Å². The molecular formula is C14H28O6. The van der Waals surface area contributed by atoms with Gasteiger partial charge in [0.25, 0.3) is 0 Å². The SMILES string of the molecule is CCC(COC(C)=O)OC.COC(C)CCOC(C)=O. The topological polar surface area (TPSA) is 71.1 Å². The van der Waals surface area contributed by atoms with Crippen LogP contribution in [0.4, 0.5) is 0 Å². The summed E-state index contributed by atoms with van der Waals surface area (Å²) in [4.78, 5) is 20.6. The zero-order valence-electron chi connectivity index (χ0n) is 13.4. The van der Waals surface area contributed by atoms with E-state index >= 15 is 0 Å². The predicted molar refractivity (Wildman–Crippen MR) is 75.4 cm³/mol. The van der Waals surface area contributed by atoms with Crippen LogP contribution in [0, 0.1) is 0 Å². The quantitative estimate of drug-likeness (QED) is 0.637. The van der Waals surface area contributed by atoms with Crippen LogP contribution in [0.2, 0.25) is 0 Å². The van der Waals surface area contributed by atoms with Crippen molar-refractivity contribution in [1.82, 2.24) is 0 Å². The standard InChI is InChI=1S/2C7H14O3/c1-6(9-3)4-5-10-7(2)8;1-4-7(9-3)5-10-6(2)8/h6H,4-5H2,1-3H3;7H,4-5H2,1-3H3. The summed E-state index contributed by atoms with van der Waals surface area (Å²) in [7, 11) is 3.25. The molecule has 0 saturated heterocycles. The van der Waals surface area contributed by atoms with E-state index in [4.69, 9.17) is 18.9 Å². The maximum atomic E-state index is 10.3. The Bertz CT molecular complexity index is 250. The van der Waals surface area contributed by atoms with Gasteiger partial charge in [-0.1, -0.05) is 6.92 Å². The average molecular weight is 292 g/mol. The van der Waals surface area contributed by atoms with Gasteiger partial charge in [-0.2, -0.15) is 0 Å². The fourth-order valence-electron chi connectivity index (χ4n) is 1.05. The molecule has 0 aliphatic carbocycles. The highest BCUT2D eigenvalue weighted by atomic mass is 16.6. The predicted octanol–water partition coefficient (Wildman–Crippen LogP) is 1.95. The van der Waals surface area contributed by atoms with Crippen molar-refractivity contribution in [2.75, 3.05) is 27.4 Å². The normalized spacial score (nSPS) is 12.7. The van der Waals surface area contributed by atoms with Crippen molar-refractivity contribution < 1.29 is 28.5 Å². The molecule has 0 saturated carbocycles. The number of hydrogen-bond donors (Lipinski definition) is 0. The van der Waals surface area contributed by atoms with Crippen LogP contribution >= 0.6 is 0 Å². The van der Waals surface area contributed by atoms with Gasteiger partial charge in [0.05, 0.1) is 18.8 Å². The second kappa shape index (κ2) is 14.3. The van der Waals surface area contributed by atoms with Crippen LogP contribution < -0.4 is 0 Å². The highest BCUT2D eigenvalue weighted by Crippen LogP contribution is 1.96. The van der Waals surface area contributed by atoms with Crippen molar-refractivity contribution >= 4 is 11.9 Å². The Labute approximate surface area is 121 Å². The molecule has 120 valence electrons. The zero-order valence-corrected chi connectivity index (χ0v) is 13.4. The van der Waals surface area contributed by atoms with Crippen molar-refractivity contribution in [2.45, 2.75) is 52.7 Å². The number of ether oxygens (including phenoxy) is 4. The van der Waals surface area contributed by atoms with Crippen molar-refractivity contribution in [3.05, 3.63) is 0 Å². The van der Waals surface area contributed by atoms with Gasteiger partial charge in [-0.05, 0) is 13.3 Å². The van der Waals surface area contributed by atoms with E-state index in [9.17, 15) is 9.59 Å². The molecule has 0 aliphatic rings. The van der Waals surface area contributed by atoms with E-state index in [0.29, 0.717) is 13.2 Å². The van der Waals surface area contributed by atoms with Crippen molar-refractivity contribution in [3.8, 4) is 0 Å². The molecule has 0 heterocycles. The second-order valence-electron chi connectivity index (χ2n) is 4.24. The first-order valence-corrected chi connectivity index (χ1v) is 6.69. The monoisotopic (exact) mass is 292 g/mol. The smallest absolute Gasteiger partial charge is 0.302 e. The summed E-state index contributed by atoms with van der Waals surface area (Å²) in [5, 5.41) is 0. The Balaban J connectivity index is 0. The van der Waals surface area contributed by atoms with Crippen LogP contribution in [0.25, 0.3) is 0 Å². The van der Waals surface area contributed by atoms with Gasteiger partial charge in [0, 0.05) is 34.5 Å². The molecule has 0 rings (SSSR count). The minimum atomic E-state index is -0.254. The lowest BCUT2D eigenvalue weighted by Gasteiger charge is -2.11. The molecule has 0 amide bonds. The maximum absolute atomic E-state index is 10.3. The first-order chi connectivity index (χ1) is 9.37. The van der Waals surface area contributed by atoms with Crippen molar-refractivity contribution in [1.29, 1.82) is 0 Å². The first kappa shape index (κ1) is 21.2. The Morgan fingerprint density at radius 1 is 1.00 bits per heavy atom. The minimum absolute atomic E-state index is 0.0453. The van der Waals surface area contributed by atoms with Crippen LogP contribution in [-0.2, 0) is 28.5 Å². The highest BCUT2D eigenvalue weighted by molar-refractivity contribution is 5.66. The van der Waals surface area contributed by atoms with Gasteiger partial charge < -0.3 is 18.9 Å². The van der Waals surface area contributed by atoms with Crippen LogP contribution in [0.3, 0.4) is 0 Å². The third kappa shape index (κ3) is 16.9. The van der Waals surface area contributed by atoms with Crippen LogP contribution in [0.5, 0.6) is 0 Å². The molecule has 6 nitrogen and oxygen atoms in total. The van der Waals surface area contributed by atoms with E-state index in [2.05, 4.69) is 0 Å². The molecule has 0 spiro atoms. The third-order valence-corrected chi connectivity index (χ3v) is 2.49. The highest BCUT2D eigenvalue weighted by Gasteiger charge is 2.04. The van der Waals surface area contributed by atoms with Gasteiger partial charge in [-0.25, -0.2) is 0 Å². The minimum Gasteiger partial charge on any atom is -0.466 e. The van der Waals surface area contributed by atoms with Crippen LogP contribution in [0.1, 0.15) is 40.5 Å².